The zero-order valence-corrected chi connectivity index (χ0v) is 19.8. The van der Waals surface area contributed by atoms with Crippen LogP contribution >= 0.6 is 0 Å². The van der Waals surface area contributed by atoms with Gasteiger partial charge in [-0.2, -0.15) is 0 Å². The summed E-state index contributed by atoms with van der Waals surface area (Å²) < 4.78 is 0. The topological polar surface area (TPSA) is 208 Å². The van der Waals surface area contributed by atoms with Crippen LogP contribution in [0.25, 0.3) is 0 Å². The number of likely N-dealkylation sites (tertiary alicyclic amines) is 1. The number of carboxylic acids is 2. The van der Waals surface area contributed by atoms with Gasteiger partial charge in [0.2, 0.25) is 23.6 Å². The van der Waals surface area contributed by atoms with Crippen LogP contribution in [0.2, 0.25) is 0 Å². The highest BCUT2D eigenvalue weighted by Gasteiger charge is 2.37. The minimum atomic E-state index is -1.29. The molecule has 1 aliphatic heterocycles. The lowest BCUT2D eigenvalue weighted by atomic mass is 10.1. The standard InChI is InChI=1S/C23H31N5O8/c1-13(26-21(33)17-8-5-9-28(17)22(34)15(24)11-19(30)31)20(32)25-12-18(29)27-16(23(35)36)10-14-6-3-2-4-7-14/h2-4,6-7,13,15-17H,5,8-12,24H2,1H3,(H,25,32)(H,26,33)(H,27,29)(H,30,31)(H,35,36). The van der Waals surface area contributed by atoms with Gasteiger partial charge >= 0.3 is 11.9 Å². The number of nitrogens with zero attached hydrogens (tertiary/aromatic N) is 1. The van der Waals surface area contributed by atoms with Crippen molar-refractivity contribution in [3.8, 4) is 0 Å². The molecule has 13 heteroatoms. The molecule has 0 radical (unpaired) electrons. The van der Waals surface area contributed by atoms with E-state index < -0.39 is 72.7 Å². The molecule has 13 nitrogen and oxygen atoms in total. The van der Waals surface area contributed by atoms with E-state index in [1.807, 2.05) is 0 Å². The van der Waals surface area contributed by atoms with Gasteiger partial charge in [-0.25, -0.2) is 4.79 Å². The third-order valence-electron chi connectivity index (χ3n) is 5.64. The number of hydrogen-bond acceptors (Lipinski definition) is 7. The minimum absolute atomic E-state index is 0.0645. The van der Waals surface area contributed by atoms with Crippen molar-refractivity contribution in [1.29, 1.82) is 0 Å². The maximum absolute atomic E-state index is 12.7. The van der Waals surface area contributed by atoms with Gasteiger partial charge in [0, 0.05) is 13.0 Å². The lowest BCUT2D eigenvalue weighted by molar-refractivity contribution is -0.144. The first-order valence-electron chi connectivity index (χ1n) is 11.4. The molecule has 0 bridgehead atoms. The number of carboxylic acid groups (broad SMARTS) is 2. The molecular formula is C23H31N5O8. The molecular weight excluding hydrogens is 474 g/mol. The van der Waals surface area contributed by atoms with Crippen molar-refractivity contribution in [2.24, 2.45) is 5.73 Å². The fraction of sp³-hybridized carbons (Fsp3) is 0.478. The number of rotatable bonds is 12. The highest BCUT2D eigenvalue weighted by atomic mass is 16.4. The Hall–Kier alpha value is -4.00. The predicted molar refractivity (Wildman–Crippen MR) is 125 cm³/mol. The zero-order valence-electron chi connectivity index (χ0n) is 19.8. The molecule has 4 amide bonds. The molecule has 4 atom stereocenters. The van der Waals surface area contributed by atoms with Crippen LogP contribution < -0.4 is 21.7 Å². The Kier molecular flexibility index (Phi) is 10.3. The maximum Gasteiger partial charge on any atom is 0.326 e. The second-order valence-electron chi connectivity index (χ2n) is 8.49. The molecule has 1 saturated heterocycles. The van der Waals surface area contributed by atoms with Crippen LogP contribution in [0.1, 0.15) is 31.7 Å². The first kappa shape index (κ1) is 28.2. The van der Waals surface area contributed by atoms with Crippen molar-refractivity contribution in [1.82, 2.24) is 20.9 Å². The SMILES string of the molecule is CC(NC(=O)C1CCCN1C(=O)C(N)CC(=O)O)C(=O)NCC(=O)NC(Cc1ccccc1)C(=O)O. The molecule has 0 aliphatic carbocycles. The molecule has 1 aromatic rings. The number of hydrogen-bond donors (Lipinski definition) is 6. The van der Waals surface area contributed by atoms with E-state index in [0.717, 1.165) is 0 Å². The number of carbonyl (C=O) groups excluding carboxylic acids is 4. The Morgan fingerprint density at radius 2 is 1.75 bits per heavy atom. The average molecular weight is 506 g/mol. The first-order valence-corrected chi connectivity index (χ1v) is 11.4. The molecule has 1 fully saturated rings. The summed E-state index contributed by atoms with van der Waals surface area (Å²) in [6.45, 7) is 1.12. The summed E-state index contributed by atoms with van der Waals surface area (Å²) in [5.41, 5.74) is 6.35. The molecule has 0 aromatic heterocycles. The Morgan fingerprint density at radius 3 is 2.36 bits per heavy atom. The van der Waals surface area contributed by atoms with Gasteiger partial charge in [-0.3, -0.25) is 24.0 Å². The van der Waals surface area contributed by atoms with Gasteiger partial charge < -0.3 is 36.8 Å². The summed E-state index contributed by atoms with van der Waals surface area (Å²) in [5, 5.41) is 25.4. The molecule has 1 aliphatic rings. The quantitative estimate of drug-likeness (QED) is 0.189. The van der Waals surface area contributed by atoms with Gasteiger partial charge in [0.1, 0.15) is 18.1 Å². The largest absolute Gasteiger partial charge is 0.481 e. The third kappa shape index (κ3) is 8.34. The van der Waals surface area contributed by atoms with Crippen LogP contribution in [0.15, 0.2) is 30.3 Å². The van der Waals surface area contributed by atoms with Crippen LogP contribution in [0, 0.1) is 0 Å². The third-order valence-corrected chi connectivity index (χ3v) is 5.64. The van der Waals surface area contributed by atoms with Crippen molar-refractivity contribution >= 4 is 35.6 Å². The number of nitrogens with two attached hydrogens (primary N) is 1. The molecule has 7 N–H and O–H groups in total. The summed E-state index contributed by atoms with van der Waals surface area (Å²) in [7, 11) is 0. The van der Waals surface area contributed by atoms with Gasteiger partial charge in [-0.05, 0) is 25.3 Å². The fourth-order valence-electron chi connectivity index (χ4n) is 3.78. The summed E-state index contributed by atoms with van der Waals surface area (Å²) >= 11 is 0. The maximum atomic E-state index is 12.7. The molecule has 1 aromatic carbocycles. The minimum Gasteiger partial charge on any atom is -0.481 e. The summed E-state index contributed by atoms with van der Waals surface area (Å²) in [5.74, 6) is -5.13. The summed E-state index contributed by atoms with van der Waals surface area (Å²) in [6, 6.07) is 4.30. The van der Waals surface area contributed by atoms with E-state index >= 15 is 0 Å². The van der Waals surface area contributed by atoms with Crippen molar-refractivity contribution in [3.05, 3.63) is 35.9 Å². The average Bonchev–Trinajstić information content (AvgIpc) is 3.31. The van der Waals surface area contributed by atoms with E-state index in [2.05, 4.69) is 16.0 Å². The van der Waals surface area contributed by atoms with Crippen molar-refractivity contribution in [2.75, 3.05) is 13.1 Å². The van der Waals surface area contributed by atoms with Crippen LogP contribution in [-0.4, -0.2) is 87.9 Å². The van der Waals surface area contributed by atoms with Gasteiger partial charge in [-0.15, -0.1) is 0 Å². The summed E-state index contributed by atoms with van der Waals surface area (Å²) in [4.78, 5) is 73.2. The van der Waals surface area contributed by atoms with E-state index in [4.69, 9.17) is 10.8 Å². The number of carbonyl (C=O) groups is 6. The Morgan fingerprint density at radius 1 is 1.08 bits per heavy atom. The summed E-state index contributed by atoms with van der Waals surface area (Å²) in [6.07, 6.45) is 0.331. The smallest absolute Gasteiger partial charge is 0.326 e. The van der Waals surface area contributed by atoms with Crippen LogP contribution in [0.5, 0.6) is 0 Å². The molecule has 1 heterocycles. The van der Waals surface area contributed by atoms with Gasteiger partial charge in [0.25, 0.3) is 0 Å². The molecule has 2 rings (SSSR count). The predicted octanol–water partition coefficient (Wildman–Crippen LogP) is -1.79. The lowest BCUT2D eigenvalue weighted by Gasteiger charge is -2.27. The lowest BCUT2D eigenvalue weighted by Crippen LogP contribution is -2.55. The van der Waals surface area contributed by atoms with E-state index in [9.17, 15) is 33.9 Å². The van der Waals surface area contributed by atoms with Crippen molar-refractivity contribution in [2.45, 2.75) is 56.8 Å². The number of aliphatic carboxylic acids is 2. The van der Waals surface area contributed by atoms with Crippen LogP contribution in [0.4, 0.5) is 0 Å². The first-order chi connectivity index (χ1) is 17.0. The van der Waals surface area contributed by atoms with Crippen LogP contribution in [-0.2, 0) is 35.2 Å². The molecule has 0 spiro atoms. The Balaban J connectivity index is 1.84. The number of benzene rings is 1. The van der Waals surface area contributed by atoms with Crippen molar-refractivity contribution < 1.29 is 39.0 Å². The molecule has 196 valence electrons. The fourth-order valence-corrected chi connectivity index (χ4v) is 3.78. The Bertz CT molecular complexity index is 986. The van der Waals surface area contributed by atoms with E-state index in [-0.39, 0.29) is 13.0 Å². The monoisotopic (exact) mass is 505 g/mol. The molecule has 36 heavy (non-hydrogen) atoms. The van der Waals surface area contributed by atoms with E-state index in [0.29, 0.717) is 18.4 Å². The van der Waals surface area contributed by atoms with Crippen LogP contribution in [0.3, 0.4) is 0 Å². The highest BCUT2D eigenvalue weighted by Crippen LogP contribution is 2.19. The van der Waals surface area contributed by atoms with Crippen molar-refractivity contribution in [3.63, 3.8) is 0 Å². The zero-order chi connectivity index (χ0) is 26.8. The molecule has 0 saturated carbocycles. The number of nitrogens with one attached hydrogen (secondary N) is 3. The highest BCUT2D eigenvalue weighted by molar-refractivity contribution is 5.95. The second-order valence-corrected chi connectivity index (χ2v) is 8.49. The van der Waals surface area contributed by atoms with Gasteiger partial charge in [0.15, 0.2) is 0 Å². The normalized spacial score (nSPS) is 17.4. The molecule has 4 unspecified atom stereocenters. The van der Waals surface area contributed by atoms with Gasteiger partial charge in [0.05, 0.1) is 19.0 Å². The number of amides is 4. The Labute approximate surface area is 207 Å². The van der Waals surface area contributed by atoms with Gasteiger partial charge in [-0.1, -0.05) is 30.3 Å². The second kappa shape index (κ2) is 13.2. The van der Waals surface area contributed by atoms with E-state index in [1.54, 1.807) is 30.3 Å². The van der Waals surface area contributed by atoms with E-state index in [1.165, 1.54) is 11.8 Å².